The summed E-state index contributed by atoms with van der Waals surface area (Å²) in [6.45, 7) is 0.944. The number of carboxylic acid groups (broad SMARTS) is 1. The van der Waals surface area contributed by atoms with Crippen molar-refractivity contribution in [2.45, 2.75) is 12.8 Å². The maximum atomic E-state index is 11.4. The zero-order valence-corrected chi connectivity index (χ0v) is 11.0. The van der Waals surface area contributed by atoms with Crippen LogP contribution in [0.5, 0.6) is 0 Å². The van der Waals surface area contributed by atoms with Crippen LogP contribution in [0.4, 0.5) is 17.1 Å². The number of nitrogens with zero attached hydrogens (tertiary/aromatic N) is 2. The van der Waals surface area contributed by atoms with E-state index in [2.05, 4.69) is 5.32 Å². The lowest BCUT2D eigenvalue weighted by molar-refractivity contribution is -0.384. The lowest BCUT2D eigenvalue weighted by Crippen LogP contribution is -2.47. The number of benzene rings is 1. The molecule has 8 nitrogen and oxygen atoms in total. The minimum Gasteiger partial charge on any atom is -0.481 e. The van der Waals surface area contributed by atoms with E-state index in [1.54, 1.807) is 11.0 Å². The maximum Gasteiger partial charge on any atom is 0.303 e. The number of hydrogen-bond donors (Lipinski definition) is 2. The number of aliphatic carboxylic acids is 1. The Kier molecular flexibility index (Phi) is 3.00. The number of carbonyl (C=O) groups is 2. The molecule has 1 saturated heterocycles. The van der Waals surface area contributed by atoms with Gasteiger partial charge in [-0.05, 0) is 11.6 Å². The van der Waals surface area contributed by atoms with Gasteiger partial charge in [-0.3, -0.25) is 19.7 Å². The van der Waals surface area contributed by atoms with Gasteiger partial charge in [-0.25, -0.2) is 0 Å². The fourth-order valence-electron chi connectivity index (χ4n) is 2.79. The summed E-state index contributed by atoms with van der Waals surface area (Å²) >= 11 is 0. The molecule has 0 saturated carbocycles. The minimum absolute atomic E-state index is 0.00458. The third-order valence-corrected chi connectivity index (χ3v) is 3.78. The van der Waals surface area contributed by atoms with E-state index >= 15 is 0 Å². The molecule has 0 bridgehead atoms. The number of anilines is 2. The van der Waals surface area contributed by atoms with Crippen LogP contribution in [0.2, 0.25) is 0 Å². The second-order valence-electron chi connectivity index (χ2n) is 5.35. The van der Waals surface area contributed by atoms with Crippen LogP contribution in [-0.4, -0.2) is 35.0 Å². The van der Waals surface area contributed by atoms with E-state index in [9.17, 15) is 19.7 Å². The van der Waals surface area contributed by atoms with Gasteiger partial charge in [0.1, 0.15) is 5.69 Å². The number of carbonyl (C=O) groups excluding carboxylic acids is 1. The Morgan fingerprint density at radius 2 is 2.19 bits per heavy atom. The van der Waals surface area contributed by atoms with Gasteiger partial charge in [0.05, 0.1) is 17.8 Å². The Morgan fingerprint density at radius 1 is 1.48 bits per heavy atom. The highest BCUT2D eigenvalue weighted by atomic mass is 16.6. The van der Waals surface area contributed by atoms with Gasteiger partial charge < -0.3 is 15.3 Å². The van der Waals surface area contributed by atoms with Crippen LogP contribution in [0.1, 0.15) is 12.0 Å². The van der Waals surface area contributed by atoms with Gasteiger partial charge >= 0.3 is 5.97 Å². The molecule has 1 fully saturated rings. The first-order chi connectivity index (χ1) is 9.94. The molecule has 110 valence electrons. The Labute approximate surface area is 119 Å². The van der Waals surface area contributed by atoms with Crippen LogP contribution >= 0.6 is 0 Å². The van der Waals surface area contributed by atoms with Crippen LogP contribution < -0.4 is 10.2 Å². The van der Waals surface area contributed by atoms with Gasteiger partial charge in [-0.15, -0.1) is 0 Å². The van der Waals surface area contributed by atoms with Crippen LogP contribution in [0.15, 0.2) is 12.1 Å². The van der Waals surface area contributed by atoms with Gasteiger partial charge in [-0.1, -0.05) is 0 Å². The van der Waals surface area contributed by atoms with Crippen molar-refractivity contribution in [3.63, 3.8) is 0 Å². The van der Waals surface area contributed by atoms with Gasteiger partial charge in [0, 0.05) is 30.8 Å². The molecule has 0 atom stereocenters. The van der Waals surface area contributed by atoms with E-state index in [0.29, 0.717) is 30.0 Å². The third kappa shape index (κ3) is 2.39. The third-order valence-electron chi connectivity index (χ3n) is 3.78. The van der Waals surface area contributed by atoms with Crippen molar-refractivity contribution in [1.82, 2.24) is 0 Å². The molecule has 0 unspecified atom stereocenters. The number of nitrogens with one attached hydrogen (secondary N) is 1. The molecular formula is C13H13N3O5. The van der Waals surface area contributed by atoms with Gasteiger partial charge in [0.2, 0.25) is 5.91 Å². The number of hydrogen-bond acceptors (Lipinski definition) is 5. The fraction of sp³-hybridized carbons (Fsp3) is 0.385. The predicted octanol–water partition coefficient (Wildman–Crippen LogP) is 1.00. The van der Waals surface area contributed by atoms with Gasteiger partial charge in [0.25, 0.3) is 5.69 Å². The normalized spacial score (nSPS) is 17.1. The molecule has 21 heavy (non-hydrogen) atoms. The molecule has 2 aliphatic heterocycles. The van der Waals surface area contributed by atoms with Crippen LogP contribution in [0, 0.1) is 16.0 Å². The van der Waals surface area contributed by atoms with Crippen molar-refractivity contribution in [2.24, 2.45) is 5.92 Å². The van der Waals surface area contributed by atoms with E-state index in [1.165, 1.54) is 6.07 Å². The van der Waals surface area contributed by atoms with Crippen molar-refractivity contribution in [2.75, 3.05) is 23.3 Å². The number of fused-ring (bicyclic) bond motifs is 1. The molecule has 1 aromatic carbocycles. The molecular weight excluding hydrogens is 278 g/mol. The fourth-order valence-corrected chi connectivity index (χ4v) is 2.79. The van der Waals surface area contributed by atoms with Crippen molar-refractivity contribution >= 4 is 28.9 Å². The van der Waals surface area contributed by atoms with Gasteiger partial charge in [0.15, 0.2) is 0 Å². The molecule has 0 spiro atoms. The quantitative estimate of drug-likeness (QED) is 0.632. The topological polar surface area (TPSA) is 113 Å². The predicted molar refractivity (Wildman–Crippen MR) is 73.4 cm³/mol. The molecule has 2 aliphatic rings. The second kappa shape index (κ2) is 4.72. The number of nitro groups is 1. The number of nitro benzene ring substituents is 1. The summed E-state index contributed by atoms with van der Waals surface area (Å²) in [7, 11) is 0. The monoisotopic (exact) mass is 291 g/mol. The van der Waals surface area contributed by atoms with Crippen LogP contribution in [-0.2, 0) is 16.0 Å². The van der Waals surface area contributed by atoms with Crippen molar-refractivity contribution < 1.29 is 19.6 Å². The van der Waals surface area contributed by atoms with Crippen molar-refractivity contribution in [3.05, 3.63) is 27.8 Å². The van der Waals surface area contributed by atoms with E-state index in [4.69, 9.17) is 5.11 Å². The molecule has 1 aromatic rings. The smallest absolute Gasteiger partial charge is 0.303 e. The lowest BCUT2D eigenvalue weighted by atomic mass is 9.95. The Bertz CT molecular complexity index is 651. The molecule has 0 radical (unpaired) electrons. The standard InChI is InChI=1S/C13H13N3O5/c17-12-3-8-2-11(16(20)21)10(4-9(8)14-12)15-5-7(6-15)1-13(18)19/h2,4,7H,1,3,5-6H2,(H,14,17)(H,18,19). The molecule has 0 aliphatic carbocycles. The minimum atomic E-state index is -0.865. The van der Waals surface area contributed by atoms with Crippen molar-refractivity contribution in [1.29, 1.82) is 0 Å². The summed E-state index contributed by atoms with van der Waals surface area (Å²) in [6, 6.07) is 3.03. The van der Waals surface area contributed by atoms with Crippen LogP contribution in [0.25, 0.3) is 0 Å². The summed E-state index contributed by atoms with van der Waals surface area (Å²) < 4.78 is 0. The first-order valence-electron chi connectivity index (χ1n) is 6.52. The summed E-state index contributed by atoms with van der Waals surface area (Å²) in [5, 5.41) is 22.6. The summed E-state index contributed by atoms with van der Waals surface area (Å²) in [6.07, 6.45) is 0.212. The van der Waals surface area contributed by atoms with Crippen molar-refractivity contribution in [3.8, 4) is 0 Å². The Hall–Kier alpha value is -2.64. The van der Waals surface area contributed by atoms with Crippen LogP contribution in [0.3, 0.4) is 0 Å². The molecule has 0 aromatic heterocycles. The van der Waals surface area contributed by atoms with E-state index in [1.807, 2.05) is 0 Å². The highest BCUT2D eigenvalue weighted by Crippen LogP contribution is 2.39. The lowest BCUT2D eigenvalue weighted by Gasteiger charge is -2.40. The highest BCUT2D eigenvalue weighted by molar-refractivity contribution is 6.00. The Morgan fingerprint density at radius 3 is 2.81 bits per heavy atom. The summed E-state index contributed by atoms with van der Waals surface area (Å²) in [5.41, 5.74) is 1.61. The summed E-state index contributed by atoms with van der Waals surface area (Å²) in [5.74, 6) is -1.04. The van der Waals surface area contributed by atoms with Gasteiger partial charge in [-0.2, -0.15) is 0 Å². The first kappa shape index (κ1) is 13.3. The summed E-state index contributed by atoms with van der Waals surface area (Å²) in [4.78, 5) is 34.5. The maximum absolute atomic E-state index is 11.4. The SMILES string of the molecule is O=C(O)CC1CN(c2cc3c(cc2[N+](=O)[O-])CC(=O)N3)C1. The second-order valence-corrected chi connectivity index (χ2v) is 5.35. The largest absolute Gasteiger partial charge is 0.481 e. The first-order valence-corrected chi connectivity index (χ1v) is 6.52. The van der Waals surface area contributed by atoms with E-state index in [0.717, 1.165) is 0 Å². The highest BCUT2D eigenvalue weighted by Gasteiger charge is 2.34. The number of rotatable bonds is 4. The zero-order valence-electron chi connectivity index (χ0n) is 11.0. The zero-order chi connectivity index (χ0) is 15.1. The van der Waals surface area contributed by atoms with E-state index < -0.39 is 10.9 Å². The molecule has 1 amide bonds. The molecule has 2 N–H and O–H groups in total. The molecule has 8 heteroatoms. The number of amides is 1. The average molecular weight is 291 g/mol. The molecule has 3 rings (SSSR count). The van der Waals surface area contributed by atoms with E-state index in [-0.39, 0.29) is 30.4 Å². The Balaban J connectivity index is 1.85. The average Bonchev–Trinajstić information content (AvgIpc) is 2.70. The molecule has 2 heterocycles. The number of carboxylic acids is 1.